The molecule has 0 saturated heterocycles. The molecule has 3 rings (SSSR count). The molecule has 126 valence electrons. The van der Waals surface area contributed by atoms with Crippen LogP contribution in [0.25, 0.3) is 11.4 Å². The van der Waals surface area contributed by atoms with E-state index in [1.165, 1.54) is 0 Å². The molecule has 0 aliphatic rings. The highest BCUT2D eigenvalue weighted by Crippen LogP contribution is 2.35. The molecule has 0 bridgehead atoms. The summed E-state index contributed by atoms with van der Waals surface area (Å²) in [6, 6.07) is 12.8. The Hall–Kier alpha value is -2.93. The van der Waals surface area contributed by atoms with Crippen LogP contribution in [0.4, 0.5) is 0 Å². The molecule has 0 fully saturated rings. The molecule has 2 aromatic heterocycles. The second kappa shape index (κ2) is 7.76. The first-order valence-corrected chi connectivity index (χ1v) is 8.47. The van der Waals surface area contributed by atoms with Gasteiger partial charge in [0.1, 0.15) is 5.25 Å². The number of nitrogens with zero attached hydrogens (tertiary/aromatic N) is 4. The first kappa shape index (κ1) is 16.9. The van der Waals surface area contributed by atoms with Gasteiger partial charge in [0.25, 0.3) is 0 Å². The highest BCUT2D eigenvalue weighted by molar-refractivity contribution is 8.00. The van der Waals surface area contributed by atoms with Gasteiger partial charge in [-0.2, -0.15) is 0 Å². The molecule has 0 amide bonds. The van der Waals surface area contributed by atoms with Gasteiger partial charge in [0, 0.05) is 24.5 Å². The van der Waals surface area contributed by atoms with E-state index in [9.17, 15) is 9.90 Å². The van der Waals surface area contributed by atoms with Crippen molar-refractivity contribution in [2.24, 2.45) is 0 Å². The summed E-state index contributed by atoms with van der Waals surface area (Å²) in [5, 5.41) is 17.8. The normalized spacial score (nSPS) is 11.8. The van der Waals surface area contributed by atoms with Crippen LogP contribution in [0.5, 0.6) is 0 Å². The number of carboxylic acid groups (broad SMARTS) is 1. The highest BCUT2D eigenvalue weighted by atomic mass is 32.2. The van der Waals surface area contributed by atoms with Gasteiger partial charge in [-0.3, -0.25) is 14.3 Å². The monoisotopic (exact) mass is 352 g/mol. The van der Waals surface area contributed by atoms with Gasteiger partial charge in [-0.05, 0) is 17.7 Å². The van der Waals surface area contributed by atoms with Crippen LogP contribution in [0.1, 0.15) is 10.8 Å². The first-order valence-electron chi connectivity index (χ1n) is 7.59. The number of carboxylic acids is 1. The summed E-state index contributed by atoms with van der Waals surface area (Å²) in [4.78, 5) is 15.8. The van der Waals surface area contributed by atoms with Crippen molar-refractivity contribution in [2.75, 3.05) is 0 Å². The van der Waals surface area contributed by atoms with Gasteiger partial charge in [0.15, 0.2) is 11.0 Å². The maximum Gasteiger partial charge on any atom is 0.321 e. The second-order valence-corrected chi connectivity index (χ2v) is 6.27. The number of pyridine rings is 1. The number of hydrogen-bond donors (Lipinski definition) is 1. The van der Waals surface area contributed by atoms with Gasteiger partial charge in [-0.25, -0.2) is 0 Å². The van der Waals surface area contributed by atoms with E-state index in [-0.39, 0.29) is 0 Å². The van der Waals surface area contributed by atoms with Crippen molar-refractivity contribution in [3.63, 3.8) is 0 Å². The molecule has 0 spiro atoms. The fourth-order valence-electron chi connectivity index (χ4n) is 2.37. The Morgan fingerprint density at radius 3 is 2.68 bits per heavy atom. The molecule has 1 atom stereocenters. The Morgan fingerprint density at radius 1 is 1.24 bits per heavy atom. The van der Waals surface area contributed by atoms with Gasteiger partial charge in [-0.1, -0.05) is 48.2 Å². The van der Waals surface area contributed by atoms with Crippen LogP contribution in [0.15, 0.2) is 72.7 Å². The van der Waals surface area contributed by atoms with E-state index in [1.807, 2.05) is 34.9 Å². The number of carbonyl (C=O) groups is 1. The third-order valence-electron chi connectivity index (χ3n) is 3.50. The van der Waals surface area contributed by atoms with Crippen molar-refractivity contribution in [2.45, 2.75) is 17.0 Å². The zero-order chi connectivity index (χ0) is 17.6. The number of thioether (sulfide) groups is 1. The Morgan fingerprint density at radius 2 is 2.04 bits per heavy atom. The number of allylic oxidation sites excluding steroid dienone is 1. The highest BCUT2D eigenvalue weighted by Gasteiger charge is 2.25. The molecule has 1 aromatic carbocycles. The molecule has 6 nitrogen and oxygen atoms in total. The van der Waals surface area contributed by atoms with Crippen molar-refractivity contribution in [3.05, 3.63) is 73.1 Å². The zero-order valence-corrected chi connectivity index (χ0v) is 14.1. The molecule has 0 radical (unpaired) electrons. The lowest BCUT2D eigenvalue weighted by atomic mass is 10.1. The molecular weight excluding hydrogens is 336 g/mol. The van der Waals surface area contributed by atoms with E-state index in [2.05, 4.69) is 21.8 Å². The molecule has 0 aliphatic carbocycles. The molecule has 3 aromatic rings. The number of hydrogen-bond acceptors (Lipinski definition) is 5. The standard InChI is InChI=1S/C18H16N4O2S/c1-2-11-22-16(14-9-6-10-19-12-14)20-21-18(22)25-15(17(23)24)13-7-4-3-5-8-13/h2-10,12,15H,1,11H2,(H,23,24)/t15-/m0/s1. The van der Waals surface area contributed by atoms with Crippen molar-refractivity contribution in [1.29, 1.82) is 0 Å². The van der Waals surface area contributed by atoms with Gasteiger partial charge in [0.05, 0.1) is 0 Å². The third-order valence-corrected chi connectivity index (χ3v) is 4.72. The van der Waals surface area contributed by atoms with Crippen molar-refractivity contribution >= 4 is 17.7 Å². The fraction of sp³-hybridized carbons (Fsp3) is 0.111. The number of aromatic nitrogens is 4. The fourth-order valence-corrected chi connectivity index (χ4v) is 3.35. The van der Waals surface area contributed by atoms with Crippen molar-refractivity contribution in [1.82, 2.24) is 19.7 Å². The Balaban J connectivity index is 1.98. The van der Waals surface area contributed by atoms with E-state index < -0.39 is 11.2 Å². The largest absolute Gasteiger partial charge is 0.480 e. The molecule has 2 heterocycles. The molecular formula is C18H16N4O2S. The number of benzene rings is 1. The smallest absolute Gasteiger partial charge is 0.321 e. The average molecular weight is 352 g/mol. The summed E-state index contributed by atoms with van der Waals surface area (Å²) in [7, 11) is 0. The lowest BCUT2D eigenvalue weighted by Crippen LogP contribution is -2.10. The summed E-state index contributed by atoms with van der Waals surface area (Å²) in [6.07, 6.45) is 5.11. The molecule has 7 heteroatoms. The van der Waals surface area contributed by atoms with E-state index in [0.29, 0.717) is 23.1 Å². The lowest BCUT2D eigenvalue weighted by molar-refractivity contribution is -0.136. The summed E-state index contributed by atoms with van der Waals surface area (Å²) in [6.45, 7) is 4.24. The SMILES string of the molecule is C=CCn1c(S[C@H](C(=O)O)c2ccccc2)nnc1-c1cccnc1. The van der Waals surface area contributed by atoms with Crippen LogP contribution in [-0.4, -0.2) is 30.8 Å². The predicted octanol–water partition coefficient (Wildman–Crippen LogP) is 3.44. The topological polar surface area (TPSA) is 80.9 Å². The third kappa shape index (κ3) is 3.77. The summed E-state index contributed by atoms with van der Waals surface area (Å²) < 4.78 is 1.84. The Bertz CT molecular complexity index is 865. The molecule has 0 unspecified atom stereocenters. The summed E-state index contributed by atoms with van der Waals surface area (Å²) in [5.74, 6) is -0.292. The van der Waals surface area contributed by atoms with Crippen molar-refractivity contribution < 1.29 is 9.90 Å². The van der Waals surface area contributed by atoms with E-state index in [1.54, 1.807) is 30.6 Å². The first-order chi connectivity index (χ1) is 12.2. The van der Waals surface area contributed by atoms with Crippen LogP contribution >= 0.6 is 11.8 Å². The van der Waals surface area contributed by atoms with Gasteiger partial charge < -0.3 is 5.11 Å². The van der Waals surface area contributed by atoms with Crippen LogP contribution in [0, 0.1) is 0 Å². The van der Waals surface area contributed by atoms with Crippen LogP contribution in [-0.2, 0) is 11.3 Å². The van der Waals surface area contributed by atoms with Crippen LogP contribution in [0.2, 0.25) is 0 Å². The quantitative estimate of drug-likeness (QED) is 0.518. The number of rotatable bonds is 7. The molecule has 25 heavy (non-hydrogen) atoms. The molecule has 0 aliphatic heterocycles. The second-order valence-electron chi connectivity index (χ2n) is 5.19. The molecule has 0 saturated carbocycles. The maximum atomic E-state index is 11.7. The maximum absolute atomic E-state index is 11.7. The minimum atomic E-state index is -0.924. The van der Waals surface area contributed by atoms with E-state index in [0.717, 1.165) is 17.3 Å². The minimum absolute atomic E-state index is 0.473. The van der Waals surface area contributed by atoms with Gasteiger partial charge in [-0.15, -0.1) is 16.8 Å². The minimum Gasteiger partial charge on any atom is -0.480 e. The lowest BCUT2D eigenvalue weighted by Gasteiger charge is -2.13. The van der Waals surface area contributed by atoms with Crippen LogP contribution < -0.4 is 0 Å². The number of aliphatic carboxylic acids is 1. The van der Waals surface area contributed by atoms with E-state index >= 15 is 0 Å². The zero-order valence-electron chi connectivity index (χ0n) is 13.3. The summed E-state index contributed by atoms with van der Waals surface area (Å²) >= 11 is 1.15. The van der Waals surface area contributed by atoms with Gasteiger partial charge in [0.2, 0.25) is 0 Å². The van der Waals surface area contributed by atoms with Crippen LogP contribution in [0.3, 0.4) is 0 Å². The van der Waals surface area contributed by atoms with Gasteiger partial charge >= 0.3 is 5.97 Å². The average Bonchev–Trinajstić information content (AvgIpc) is 3.04. The Labute approximate surface area is 149 Å². The molecule has 1 N–H and O–H groups in total. The predicted molar refractivity (Wildman–Crippen MR) is 96.1 cm³/mol. The Kier molecular flexibility index (Phi) is 5.25. The summed E-state index contributed by atoms with van der Waals surface area (Å²) in [5.41, 5.74) is 1.52. The van der Waals surface area contributed by atoms with Crippen molar-refractivity contribution in [3.8, 4) is 11.4 Å². The van der Waals surface area contributed by atoms with E-state index in [4.69, 9.17) is 0 Å².